The number of phosphoric ester groups is 1. The molecule has 3 heterocycles. The molecule has 0 saturated carbocycles. The minimum absolute atomic E-state index is 0. The Morgan fingerprint density at radius 1 is 0.807 bits per heavy atom. The summed E-state index contributed by atoms with van der Waals surface area (Å²) >= 11 is 0. The van der Waals surface area contributed by atoms with Crippen molar-refractivity contribution in [2.24, 2.45) is 0 Å². The summed E-state index contributed by atoms with van der Waals surface area (Å²) in [5.41, 5.74) is 4.56. The van der Waals surface area contributed by atoms with Gasteiger partial charge in [-0.2, -0.15) is 25.5 Å². The third-order valence-corrected chi connectivity index (χ3v) is 20.1. The predicted molar refractivity (Wildman–Crippen MR) is 322 cm³/mol. The first-order chi connectivity index (χ1) is 40.7. The fourth-order valence-corrected chi connectivity index (χ4v) is 14.6. The van der Waals surface area contributed by atoms with Crippen LogP contribution in [0.25, 0.3) is 0 Å². The second kappa shape index (κ2) is 30.4. The van der Waals surface area contributed by atoms with Crippen LogP contribution in [0.1, 0.15) is 102 Å². The summed E-state index contributed by atoms with van der Waals surface area (Å²) in [5, 5.41) is 2.70. The fourth-order valence-electron chi connectivity index (χ4n) is 10.5. The number of aromatic amines is 1. The Kier molecular flexibility index (Phi) is 24.8. The molecule has 88 heavy (non-hydrogen) atoms. The number of aromatic nitrogens is 2. The van der Waals surface area contributed by atoms with Crippen LogP contribution in [-0.2, 0) is 74.2 Å². The minimum Gasteiger partial charge on any atom is -0.457 e. The Labute approximate surface area is 532 Å². The summed E-state index contributed by atoms with van der Waals surface area (Å²) in [6.45, 7) is 7.88. The topological polar surface area (TPSA) is 377 Å². The molecule has 1 aromatic heterocycles. The Morgan fingerprint density at radius 3 is 2.16 bits per heavy atom. The molecule has 8 N–H and O–H groups in total. The Hall–Kier alpha value is -5.08. The van der Waals surface area contributed by atoms with Crippen LogP contribution in [0.5, 0.6) is 5.75 Å². The number of unbranched alkanes of at least 4 members (excludes halogenated alkanes) is 3. The second-order valence-electron chi connectivity index (χ2n) is 21.6. The van der Waals surface area contributed by atoms with E-state index < -0.39 is 80.3 Å². The first-order valence-corrected chi connectivity index (χ1v) is 35.0. The number of allylic oxidation sites excluding steroid dienone is 6. The van der Waals surface area contributed by atoms with E-state index in [2.05, 4.69) is 121 Å². The molecule has 0 spiro atoms. The van der Waals surface area contributed by atoms with E-state index in [4.69, 9.17) is 19.3 Å². The van der Waals surface area contributed by atoms with Gasteiger partial charge < -0.3 is 44.2 Å². The molecular weight excluding hydrogens is 1260 g/mol. The summed E-state index contributed by atoms with van der Waals surface area (Å²) in [4.78, 5) is 80.2. The summed E-state index contributed by atoms with van der Waals surface area (Å²) in [5.74, 6) is 5.61. The minimum atomic E-state index is -5.72. The van der Waals surface area contributed by atoms with Gasteiger partial charge in [-0.1, -0.05) is 101 Å². The number of carbonyl (C=O) groups excluding carboxylic acids is 1. The largest absolute Gasteiger partial charge is 1.00 e. The third-order valence-electron chi connectivity index (χ3n) is 14.6. The molecule has 3 aliphatic rings. The van der Waals surface area contributed by atoms with Crippen LogP contribution in [-0.4, -0.2) is 106 Å². The molecule has 32 heteroatoms. The van der Waals surface area contributed by atoms with Crippen molar-refractivity contribution in [3.05, 3.63) is 163 Å². The number of rotatable bonds is 28. The molecule has 7 rings (SSSR count). The standard InChI is InChI=1S/C56H70N5O21P3S2.Na/c1-55(2)45-19-7-9-21-47(45)60(33-11-5-6-23-51(62)57-32-15-18-42-38-59(54(64)58-53(42)63)39-78-35-36-79-84(68,69)82-85(70,71)81-83(65,66)67)49(55)30-24-40-16-14-17-41(52(40)80-43-26-28-44(29-27-43)87(75,76)77)25-31-50-56(3,4)46-20-8-10-22-48(46)61(50)34-12-13-37-86(72,73)74;/h7-10,19-22,24-31,38,50H,5-6,11-14,16-17,23,32-37,39H2,1-4H3,(H,57,62)(H,68,69)(H,70,71)(H,58,63,64)(H2,65,66,67)(H,72,73,74)(H,75,76,77);/q;+1/b31-25+,40-24+,49-30+;. The third kappa shape index (κ3) is 20.0. The molecule has 1 amide bonds. The van der Waals surface area contributed by atoms with Gasteiger partial charge in [0.2, 0.25) is 5.91 Å². The molecule has 472 valence electrons. The Bertz CT molecular complexity index is 3910. The molecule has 1 aliphatic carbocycles. The summed E-state index contributed by atoms with van der Waals surface area (Å²) in [6, 6.07) is 21.8. The van der Waals surface area contributed by atoms with E-state index in [9.17, 15) is 63.8 Å². The molecule has 0 radical (unpaired) electrons. The van der Waals surface area contributed by atoms with Crippen LogP contribution in [0.3, 0.4) is 0 Å². The first-order valence-electron chi connectivity index (χ1n) is 27.5. The smallest absolute Gasteiger partial charge is 0.457 e. The number of carbonyl (C=O) groups is 1. The number of benzene rings is 3. The zero-order chi connectivity index (χ0) is 63.6. The van der Waals surface area contributed by atoms with Gasteiger partial charge in [0.25, 0.3) is 25.8 Å². The zero-order valence-corrected chi connectivity index (χ0v) is 55.3. The maximum Gasteiger partial charge on any atom is 1.00 e. The number of hydrogen-bond donors (Lipinski definition) is 8. The van der Waals surface area contributed by atoms with Gasteiger partial charge in [0, 0.05) is 53.6 Å². The number of ether oxygens (including phenoxy) is 2. The van der Waals surface area contributed by atoms with Crippen molar-refractivity contribution in [2.75, 3.05) is 48.4 Å². The van der Waals surface area contributed by atoms with Gasteiger partial charge in [-0.05, 0) is 110 Å². The first kappa shape index (κ1) is 72.0. The number of fused-ring (bicyclic) bond motifs is 2. The Morgan fingerprint density at radius 2 is 1.48 bits per heavy atom. The number of phosphoric acid groups is 3. The number of nitrogens with one attached hydrogen (secondary N) is 2. The number of nitrogens with zero attached hydrogens (tertiary/aromatic N) is 3. The van der Waals surface area contributed by atoms with Crippen molar-refractivity contribution in [1.29, 1.82) is 0 Å². The van der Waals surface area contributed by atoms with Gasteiger partial charge in [0.15, 0.2) is 0 Å². The average molecular weight is 1330 g/mol. The van der Waals surface area contributed by atoms with Crippen molar-refractivity contribution in [1.82, 2.24) is 14.9 Å². The van der Waals surface area contributed by atoms with Crippen LogP contribution in [0.15, 0.2) is 140 Å². The predicted octanol–water partition coefficient (Wildman–Crippen LogP) is 4.65. The number of hydrogen-bond acceptors (Lipinski definition) is 17. The summed E-state index contributed by atoms with van der Waals surface area (Å²) < 4.78 is 125. The van der Waals surface area contributed by atoms with Crippen LogP contribution in [0.2, 0.25) is 0 Å². The van der Waals surface area contributed by atoms with Crippen LogP contribution in [0, 0.1) is 11.8 Å². The average Bonchev–Trinajstić information content (AvgIpc) is 2.32. The number of amides is 1. The normalized spacial score (nSPS) is 18.7. The van der Waals surface area contributed by atoms with E-state index in [-0.39, 0.29) is 82.5 Å². The van der Waals surface area contributed by atoms with Crippen LogP contribution < -0.4 is 60.7 Å². The van der Waals surface area contributed by atoms with E-state index in [1.54, 1.807) is 0 Å². The molecule has 0 bridgehead atoms. The molecule has 0 saturated heterocycles. The number of H-pyrrole nitrogens is 1. The van der Waals surface area contributed by atoms with Crippen molar-refractivity contribution >= 4 is 61.0 Å². The zero-order valence-electron chi connectivity index (χ0n) is 49.0. The Balaban J connectivity index is 0.0000124. The van der Waals surface area contributed by atoms with Crippen LogP contribution >= 0.6 is 23.5 Å². The van der Waals surface area contributed by atoms with Crippen molar-refractivity contribution < 1.29 is 116 Å². The van der Waals surface area contributed by atoms with E-state index in [1.165, 1.54) is 24.3 Å². The van der Waals surface area contributed by atoms with Crippen molar-refractivity contribution in [3.63, 3.8) is 0 Å². The van der Waals surface area contributed by atoms with E-state index in [0.717, 1.165) is 63.0 Å². The van der Waals surface area contributed by atoms with Crippen molar-refractivity contribution in [2.45, 2.75) is 114 Å². The van der Waals surface area contributed by atoms with Gasteiger partial charge in [0.05, 0.1) is 36.4 Å². The van der Waals surface area contributed by atoms with Crippen molar-refractivity contribution in [3.8, 4) is 17.6 Å². The maximum absolute atomic E-state index is 12.9. The van der Waals surface area contributed by atoms with Gasteiger partial charge >= 0.3 is 58.7 Å². The van der Waals surface area contributed by atoms with Gasteiger partial charge in [-0.15, -0.1) is 0 Å². The fraction of sp³-hybridized carbons (Fsp3) is 0.411. The molecular formula is C56H70N5NaO21P3S2+. The van der Waals surface area contributed by atoms with E-state index in [0.29, 0.717) is 56.7 Å². The van der Waals surface area contributed by atoms with E-state index >= 15 is 0 Å². The summed E-state index contributed by atoms with van der Waals surface area (Å²) in [7, 11) is -25.3. The summed E-state index contributed by atoms with van der Waals surface area (Å²) in [6.07, 6.45) is 14.6. The molecule has 3 atom stereocenters. The molecule has 2 aliphatic heterocycles. The maximum atomic E-state index is 12.9. The molecule has 3 unspecified atom stereocenters. The van der Waals surface area contributed by atoms with E-state index in [1.807, 2.05) is 24.3 Å². The van der Waals surface area contributed by atoms with Gasteiger partial charge in [-0.3, -0.25) is 32.8 Å². The van der Waals surface area contributed by atoms with Gasteiger partial charge in [0.1, 0.15) is 23.8 Å². The van der Waals surface area contributed by atoms with Gasteiger partial charge in [-0.25, -0.2) is 18.5 Å². The second-order valence-corrected chi connectivity index (χ2v) is 29.1. The quantitative estimate of drug-likeness (QED) is 0.0126. The molecule has 3 aromatic carbocycles. The molecule has 0 fully saturated rings. The monoisotopic (exact) mass is 1330 g/mol. The molecule has 4 aromatic rings. The molecule has 26 nitrogen and oxygen atoms in total. The number of anilines is 2. The SMILES string of the molecule is CC1(C)/C(=C\C=C2/CCCC(/C=C/C3N(CCCCS(=O)(=O)O)c4ccccc4C3(C)C)=C2Oc2ccc(S(=O)(=O)O)cc2)N(CCCCCC(=O)NCC#Cc2cn(COCCOP(=O)(O)OP(=O)(O)OP(=O)(O)O)c(=O)[nH]c2=O)c2ccccc21.[Na+]. The van der Waals surface area contributed by atoms with Crippen LogP contribution in [0.4, 0.5) is 11.4 Å². The number of para-hydroxylation sites is 2.